The average molecular weight is 302 g/mol. The molecule has 3 heteroatoms. The molecule has 0 saturated heterocycles. The maximum atomic E-state index is 5.87. The fraction of sp³-hybridized carbons (Fsp3) is 0.625. The lowest BCUT2D eigenvalue weighted by molar-refractivity contribution is 0.715. The Morgan fingerprint density at radius 2 is 1.74 bits per heavy atom. The van der Waals surface area contributed by atoms with E-state index in [-0.39, 0.29) is 0 Å². The number of nitrogens with zero attached hydrogens (tertiary/aromatic N) is 1. The molecule has 0 aliphatic carbocycles. The minimum atomic E-state index is 0.635. The van der Waals surface area contributed by atoms with Gasteiger partial charge >= 0.3 is 0 Å². The van der Waals surface area contributed by atoms with Crippen LogP contribution in [-0.4, -0.2) is 24.8 Å². The Morgan fingerprint density at radius 1 is 1.05 bits per heavy atom. The van der Waals surface area contributed by atoms with E-state index < -0.39 is 0 Å². The molecule has 0 fully saturated rings. The first-order chi connectivity index (χ1) is 9.22. The lowest BCUT2D eigenvalue weighted by Gasteiger charge is -2.24. The van der Waals surface area contributed by atoms with Crippen LogP contribution in [0.4, 0.5) is 5.69 Å². The summed E-state index contributed by atoms with van der Waals surface area (Å²) in [6.45, 7) is 6.14. The lowest BCUT2D eigenvalue weighted by atomic mass is 10.0. The number of halogens is 2. The van der Waals surface area contributed by atoms with Gasteiger partial charge in [-0.05, 0) is 43.0 Å². The molecule has 0 saturated carbocycles. The van der Waals surface area contributed by atoms with Crippen molar-refractivity contribution in [1.29, 1.82) is 0 Å². The van der Waals surface area contributed by atoms with Gasteiger partial charge in [0, 0.05) is 30.5 Å². The van der Waals surface area contributed by atoms with Gasteiger partial charge in [0.05, 0.1) is 0 Å². The molecule has 0 unspecified atom stereocenters. The van der Waals surface area contributed by atoms with Gasteiger partial charge in [-0.2, -0.15) is 0 Å². The Balaban J connectivity index is 2.79. The first-order valence-electron chi connectivity index (χ1n) is 7.19. The molecule has 0 aromatic heterocycles. The van der Waals surface area contributed by atoms with Crippen LogP contribution < -0.4 is 4.90 Å². The molecule has 0 N–H and O–H groups in total. The van der Waals surface area contributed by atoms with Crippen molar-refractivity contribution in [3.8, 4) is 0 Å². The highest BCUT2D eigenvalue weighted by Gasteiger charge is 2.07. The minimum absolute atomic E-state index is 0.635. The Bertz CT molecular complexity index is 360. The van der Waals surface area contributed by atoms with Gasteiger partial charge in [-0.1, -0.05) is 25.8 Å². The second kappa shape index (κ2) is 9.50. The Hall–Kier alpha value is -0.400. The van der Waals surface area contributed by atoms with Crippen LogP contribution in [0.2, 0.25) is 0 Å². The molecule has 1 aromatic carbocycles. The number of alkyl halides is 2. The first-order valence-corrected chi connectivity index (χ1v) is 8.26. The van der Waals surface area contributed by atoms with Crippen LogP contribution in [-0.2, 0) is 6.42 Å². The van der Waals surface area contributed by atoms with Crippen molar-refractivity contribution in [2.45, 2.75) is 39.5 Å². The van der Waals surface area contributed by atoms with E-state index in [0.29, 0.717) is 11.8 Å². The summed E-state index contributed by atoms with van der Waals surface area (Å²) in [6, 6.07) is 6.70. The van der Waals surface area contributed by atoms with Gasteiger partial charge in [-0.3, -0.25) is 0 Å². The molecule has 0 heterocycles. The van der Waals surface area contributed by atoms with Crippen molar-refractivity contribution >= 4 is 28.9 Å². The largest absolute Gasteiger partial charge is 0.369 e. The highest BCUT2D eigenvalue weighted by atomic mass is 35.5. The van der Waals surface area contributed by atoms with Crippen LogP contribution >= 0.6 is 23.2 Å². The standard InChI is InChI=1S/C16H25Cl2N/c1-3-4-5-6-15-13-16(8-7-14(15)2)19(11-9-17)12-10-18/h7-8,13H,3-6,9-12H2,1-2H3. The highest BCUT2D eigenvalue weighted by Crippen LogP contribution is 2.21. The van der Waals surface area contributed by atoms with Crippen molar-refractivity contribution in [3.05, 3.63) is 29.3 Å². The van der Waals surface area contributed by atoms with Gasteiger partial charge in [0.1, 0.15) is 0 Å². The van der Waals surface area contributed by atoms with E-state index in [4.69, 9.17) is 23.2 Å². The Kier molecular flexibility index (Phi) is 8.32. The molecule has 1 nitrogen and oxygen atoms in total. The summed E-state index contributed by atoms with van der Waals surface area (Å²) < 4.78 is 0. The van der Waals surface area contributed by atoms with Crippen LogP contribution in [0.15, 0.2) is 18.2 Å². The zero-order valence-corrected chi connectivity index (χ0v) is 13.6. The average Bonchev–Trinajstić information content (AvgIpc) is 2.41. The molecule has 19 heavy (non-hydrogen) atoms. The SMILES string of the molecule is CCCCCc1cc(N(CCCl)CCCl)ccc1C. The topological polar surface area (TPSA) is 3.24 Å². The number of aryl methyl sites for hydroxylation is 2. The molecule has 0 aliphatic rings. The van der Waals surface area contributed by atoms with Crippen LogP contribution in [0.5, 0.6) is 0 Å². The molecule has 0 bridgehead atoms. The summed E-state index contributed by atoms with van der Waals surface area (Å²) in [5.41, 5.74) is 4.09. The Morgan fingerprint density at radius 3 is 2.32 bits per heavy atom. The fourth-order valence-corrected chi connectivity index (χ4v) is 2.67. The normalized spacial score (nSPS) is 10.7. The molecule has 0 radical (unpaired) electrons. The number of hydrogen-bond acceptors (Lipinski definition) is 1. The maximum absolute atomic E-state index is 5.87. The van der Waals surface area contributed by atoms with Gasteiger partial charge in [0.15, 0.2) is 0 Å². The van der Waals surface area contributed by atoms with Crippen molar-refractivity contribution in [1.82, 2.24) is 0 Å². The zero-order valence-electron chi connectivity index (χ0n) is 12.1. The fourth-order valence-electron chi connectivity index (χ4n) is 2.26. The predicted octanol–water partition coefficient (Wildman–Crippen LogP) is 5.01. The molecular weight excluding hydrogens is 277 g/mol. The summed E-state index contributed by atoms with van der Waals surface area (Å²) in [4.78, 5) is 2.27. The van der Waals surface area contributed by atoms with Crippen LogP contribution in [0.3, 0.4) is 0 Å². The summed E-state index contributed by atoms with van der Waals surface area (Å²) in [5.74, 6) is 1.27. The van der Waals surface area contributed by atoms with E-state index in [0.717, 1.165) is 13.1 Å². The highest BCUT2D eigenvalue weighted by molar-refractivity contribution is 6.18. The zero-order chi connectivity index (χ0) is 14.1. The van der Waals surface area contributed by atoms with Crippen molar-refractivity contribution in [2.75, 3.05) is 29.7 Å². The smallest absolute Gasteiger partial charge is 0.0399 e. The molecule has 1 aromatic rings. The number of anilines is 1. The third-order valence-electron chi connectivity index (χ3n) is 3.46. The van der Waals surface area contributed by atoms with E-state index in [9.17, 15) is 0 Å². The lowest BCUT2D eigenvalue weighted by Crippen LogP contribution is -2.27. The summed E-state index contributed by atoms with van der Waals surface area (Å²) in [6.07, 6.45) is 5.01. The summed E-state index contributed by atoms with van der Waals surface area (Å²) in [7, 11) is 0. The van der Waals surface area contributed by atoms with Gasteiger partial charge in [0.2, 0.25) is 0 Å². The monoisotopic (exact) mass is 301 g/mol. The number of benzene rings is 1. The Labute approximate surface area is 127 Å². The van der Waals surface area contributed by atoms with E-state index in [2.05, 4.69) is 36.9 Å². The van der Waals surface area contributed by atoms with E-state index in [1.807, 2.05) is 0 Å². The van der Waals surface area contributed by atoms with Gasteiger partial charge in [0.25, 0.3) is 0 Å². The maximum Gasteiger partial charge on any atom is 0.0399 e. The first kappa shape index (κ1) is 16.7. The van der Waals surface area contributed by atoms with Crippen LogP contribution in [0.25, 0.3) is 0 Å². The molecule has 0 atom stereocenters. The van der Waals surface area contributed by atoms with Crippen molar-refractivity contribution < 1.29 is 0 Å². The van der Waals surface area contributed by atoms with E-state index in [1.165, 1.54) is 42.5 Å². The van der Waals surface area contributed by atoms with Crippen LogP contribution in [0.1, 0.15) is 37.3 Å². The van der Waals surface area contributed by atoms with Gasteiger partial charge in [-0.15, -0.1) is 23.2 Å². The predicted molar refractivity (Wildman–Crippen MR) is 88.1 cm³/mol. The van der Waals surface area contributed by atoms with E-state index in [1.54, 1.807) is 0 Å². The van der Waals surface area contributed by atoms with Crippen LogP contribution in [0, 0.1) is 6.92 Å². The number of rotatable bonds is 9. The number of hydrogen-bond donors (Lipinski definition) is 0. The molecule has 108 valence electrons. The van der Waals surface area contributed by atoms with Gasteiger partial charge in [-0.25, -0.2) is 0 Å². The second-order valence-electron chi connectivity index (χ2n) is 4.93. The molecule has 0 aliphatic heterocycles. The second-order valence-corrected chi connectivity index (χ2v) is 5.69. The molecular formula is C16H25Cl2N. The molecule has 1 rings (SSSR count). The summed E-state index contributed by atoms with van der Waals surface area (Å²) >= 11 is 11.7. The van der Waals surface area contributed by atoms with Gasteiger partial charge < -0.3 is 4.90 Å². The minimum Gasteiger partial charge on any atom is -0.369 e. The third kappa shape index (κ3) is 5.62. The summed E-state index contributed by atoms with van der Waals surface area (Å²) in [5, 5.41) is 0. The van der Waals surface area contributed by atoms with Crippen molar-refractivity contribution in [2.24, 2.45) is 0 Å². The quantitative estimate of drug-likeness (QED) is 0.458. The third-order valence-corrected chi connectivity index (χ3v) is 3.79. The molecule has 0 spiro atoms. The number of unbranched alkanes of at least 4 members (excludes halogenated alkanes) is 2. The molecule has 0 amide bonds. The van der Waals surface area contributed by atoms with Crippen molar-refractivity contribution in [3.63, 3.8) is 0 Å². The van der Waals surface area contributed by atoms with E-state index >= 15 is 0 Å².